The minimum atomic E-state index is -0.612. The fraction of sp³-hybridized carbons (Fsp3) is 0.350. The predicted molar refractivity (Wildman–Crippen MR) is 98.5 cm³/mol. The maximum Gasteiger partial charge on any atom is 0.265 e. The average Bonchev–Trinajstić information content (AvgIpc) is 2.61. The van der Waals surface area contributed by atoms with Crippen LogP contribution in [-0.2, 0) is 4.79 Å². The molecule has 0 aromatic heterocycles. The van der Waals surface area contributed by atoms with Gasteiger partial charge >= 0.3 is 0 Å². The molecule has 2 aromatic carbocycles. The van der Waals surface area contributed by atoms with Crippen molar-refractivity contribution in [2.75, 3.05) is 12.4 Å². The molecular weight excluding hydrogens is 318 g/mol. The van der Waals surface area contributed by atoms with E-state index >= 15 is 0 Å². The van der Waals surface area contributed by atoms with Crippen molar-refractivity contribution in [3.63, 3.8) is 0 Å². The van der Waals surface area contributed by atoms with Crippen LogP contribution in [0.2, 0.25) is 0 Å². The van der Waals surface area contributed by atoms with E-state index in [4.69, 9.17) is 14.2 Å². The van der Waals surface area contributed by atoms with E-state index in [1.54, 1.807) is 19.2 Å². The van der Waals surface area contributed by atoms with Gasteiger partial charge in [-0.2, -0.15) is 0 Å². The van der Waals surface area contributed by atoms with Crippen LogP contribution >= 0.6 is 0 Å². The number of nitrogens with one attached hydrogen (secondary N) is 1. The van der Waals surface area contributed by atoms with Gasteiger partial charge in [-0.3, -0.25) is 4.79 Å². The molecule has 0 spiro atoms. The molecule has 1 unspecified atom stereocenters. The lowest BCUT2D eigenvalue weighted by atomic mass is 10.2. The number of benzene rings is 2. The lowest BCUT2D eigenvalue weighted by Crippen LogP contribution is -2.32. The maximum absolute atomic E-state index is 12.6. The summed E-state index contributed by atoms with van der Waals surface area (Å²) in [5, 5.41) is 2.90. The molecule has 2 aromatic rings. The number of ether oxygens (including phenoxy) is 3. The second-order valence-corrected chi connectivity index (χ2v) is 5.85. The molecule has 0 saturated carbocycles. The summed E-state index contributed by atoms with van der Waals surface area (Å²) in [6.07, 6.45) is -0.0525. The first-order valence-corrected chi connectivity index (χ1v) is 8.40. The van der Waals surface area contributed by atoms with Gasteiger partial charge in [0.1, 0.15) is 17.2 Å². The van der Waals surface area contributed by atoms with Crippen molar-refractivity contribution in [1.29, 1.82) is 0 Å². The van der Waals surface area contributed by atoms with E-state index in [1.165, 1.54) is 0 Å². The second-order valence-electron chi connectivity index (χ2n) is 5.85. The summed E-state index contributed by atoms with van der Waals surface area (Å²) in [6, 6.07) is 14.6. The molecule has 0 radical (unpaired) electrons. The van der Waals surface area contributed by atoms with Gasteiger partial charge in [0.15, 0.2) is 6.10 Å². The van der Waals surface area contributed by atoms with Crippen LogP contribution in [0.5, 0.6) is 17.2 Å². The Morgan fingerprint density at radius 3 is 2.44 bits per heavy atom. The van der Waals surface area contributed by atoms with Crippen LogP contribution < -0.4 is 19.5 Å². The van der Waals surface area contributed by atoms with Crippen molar-refractivity contribution >= 4 is 11.6 Å². The molecule has 5 nitrogen and oxygen atoms in total. The molecule has 0 fully saturated rings. The molecule has 25 heavy (non-hydrogen) atoms. The zero-order valence-corrected chi connectivity index (χ0v) is 15.1. The summed E-state index contributed by atoms with van der Waals surface area (Å²) in [6.45, 7) is 5.79. The van der Waals surface area contributed by atoms with E-state index in [9.17, 15) is 4.79 Å². The number of hydrogen-bond acceptors (Lipinski definition) is 4. The zero-order valence-electron chi connectivity index (χ0n) is 15.1. The molecule has 0 aliphatic rings. The Hall–Kier alpha value is -2.69. The van der Waals surface area contributed by atoms with E-state index in [0.29, 0.717) is 29.4 Å². The van der Waals surface area contributed by atoms with E-state index in [2.05, 4.69) is 5.32 Å². The highest BCUT2D eigenvalue weighted by atomic mass is 16.5. The quantitative estimate of drug-likeness (QED) is 0.777. The Labute approximate surface area is 148 Å². The molecule has 0 heterocycles. The highest BCUT2D eigenvalue weighted by molar-refractivity contribution is 5.95. The second kappa shape index (κ2) is 8.97. The van der Waals surface area contributed by atoms with Crippen molar-refractivity contribution < 1.29 is 19.0 Å². The third-order valence-corrected chi connectivity index (χ3v) is 3.49. The largest absolute Gasteiger partial charge is 0.497 e. The van der Waals surface area contributed by atoms with Crippen LogP contribution in [0.1, 0.15) is 27.2 Å². The van der Waals surface area contributed by atoms with E-state index in [1.807, 2.05) is 57.2 Å². The van der Waals surface area contributed by atoms with E-state index in [0.717, 1.165) is 0 Å². The summed E-state index contributed by atoms with van der Waals surface area (Å²) in [4.78, 5) is 12.6. The lowest BCUT2D eigenvalue weighted by Gasteiger charge is -2.19. The third kappa shape index (κ3) is 5.41. The van der Waals surface area contributed by atoms with Crippen LogP contribution in [0.25, 0.3) is 0 Å². The van der Waals surface area contributed by atoms with Crippen LogP contribution in [-0.4, -0.2) is 25.2 Å². The predicted octanol–water partition coefficient (Wildman–Crippen LogP) is 4.28. The topological polar surface area (TPSA) is 56.8 Å². The number of carbonyl (C=O) groups excluding carboxylic acids is 1. The number of carbonyl (C=O) groups is 1. The Morgan fingerprint density at radius 2 is 1.76 bits per heavy atom. The van der Waals surface area contributed by atoms with Crippen molar-refractivity contribution in [2.45, 2.75) is 39.4 Å². The molecule has 2 rings (SSSR count). The van der Waals surface area contributed by atoms with Gasteiger partial charge in [-0.05, 0) is 44.5 Å². The Bertz CT molecular complexity index is 700. The molecule has 5 heteroatoms. The van der Waals surface area contributed by atoms with Gasteiger partial charge in [-0.1, -0.05) is 25.1 Å². The van der Waals surface area contributed by atoms with Crippen molar-refractivity contribution in [2.24, 2.45) is 0 Å². The Balaban J connectivity index is 2.10. The molecule has 1 atom stereocenters. The van der Waals surface area contributed by atoms with Gasteiger partial charge in [0.2, 0.25) is 0 Å². The van der Waals surface area contributed by atoms with E-state index in [-0.39, 0.29) is 12.0 Å². The molecule has 0 aliphatic heterocycles. The standard InChI is InChI=1S/C20H25NO4/c1-5-18(25-16-10-8-9-15(13-16)23-4)20(22)21-17-11-6-7-12-19(17)24-14(2)3/h6-14,18H,5H2,1-4H3,(H,21,22). The maximum atomic E-state index is 12.6. The van der Waals surface area contributed by atoms with Crippen LogP contribution in [0.15, 0.2) is 48.5 Å². The van der Waals surface area contributed by atoms with Crippen LogP contribution in [0, 0.1) is 0 Å². The van der Waals surface area contributed by atoms with Crippen molar-refractivity contribution in [3.05, 3.63) is 48.5 Å². The monoisotopic (exact) mass is 343 g/mol. The minimum Gasteiger partial charge on any atom is -0.497 e. The van der Waals surface area contributed by atoms with Gasteiger partial charge in [0, 0.05) is 6.07 Å². The van der Waals surface area contributed by atoms with Gasteiger partial charge in [-0.15, -0.1) is 0 Å². The molecule has 1 amide bonds. The van der Waals surface area contributed by atoms with Crippen molar-refractivity contribution in [1.82, 2.24) is 0 Å². The Kier molecular flexibility index (Phi) is 6.69. The first-order chi connectivity index (χ1) is 12.0. The number of methoxy groups -OCH3 is 1. The molecule has 0 saturated heterocycles. The highest BCUT2D eigenvalue weighted by Crippen LogP contribution is 2.26. The fourth-order valence-electron chi connectivity index (χ4n) is 2.30. The molecule has 1 N–H and O–H groups in total. The molecular formula is C20H25NO4. The first kappa shape index (κ1) is 18.6. The summed E-state index contributed by atoms with van der Waals surface area (Å²) in [7, 11) is 1.59. The summed E-state index contributed by atoms with van der Waals surface area (Å²) in [5.41, 5.74) is 0.633. The van der Waals surface area contributed by atoms with E-state index < -0.39 is 6.10 Å². The fourth-order valence-corrected chi connectivity index (χ4v) is 2.30. The van der Waals surface area contributed by atoms with Crippen LogP contribution in [0.3, 0.4) is 0 Å². The van der Waals surface area contributed by atoms with Crippen LogP contribution in [0.4, 0.5) is 5.69 Å². The van der Waals surface area contributed by atoms with Gasteiger partial charge in [0.25, 0.3) is 5.91 Å². The van der Waals surface area contributed by atoms with Gasteiger partial charge in [-0.25, -0.2) is 0 Å². The minimum absolute atomic E-state index is 0.0213. The number of para-hydroxylation sites is 2. The normalized spacial score (nSPS) is 11.7. The van der Waals surface area contributed by atoms with Gasteiger partial charge < -0.3 is 19.5 Å². The van der Waals surface area contributed by atoms with Gasteiger partial charge in [0.05, 0.1) is 18.9 Å². The molecule has 134 valence electrons. The smallest absolute Gasteiger partial charge is 0.265 e. The summed E-state index contributed by atoms with van der Waals surface area (Å²) < 4.78 is 16.7. The zero-order chi connectivity index (χ0) is 18.2. The highest BCUT2D eigenvalue weighted by Gasteiger charge is 2.20. The summed E-state index contributed by atoms with van der Waals surface area (Å²) in [5.74, 6) is 1.70. The third-order valence-electron chi connectivity index (χ3n) is 3.49. The Morgan fingerprint density at radius 1 is 1.04 bits per heavy atom. The summed E-state index contributed by atoms with van der Waals surface area (Å²) >= 11 is 0. The number of hydrogen-bond donors (Lipinski definition) is 1. The SMILES string of the molecule is CCC(Oc1cccc(OC)c1)C(=O)Nc1ccccc1OC(C)C. The number of amides is 1. The lowest BCUT2D eigenvalue weighted by molar-refractivity contribution is -0.122. The molecule has 0 aliphatic carbocycles. The molecule has 0 bridgehead atoms. The first-order valence-electron chi connectivity index (χ1n) is 8.40. The average molecular weight is 343 g/mol. The van der Waals surface area contributed by atoms with Crippen molar-refractivity contribution in [3.8, 4) is 17.2 Å². The number of anilines is 1. The number of rotatable bonds is 8.